The zero-order valence-corrected chi connectivity index (χ0v) is 12.6. The minimum Gasteiger partial charge on any atom is -0.399 e. The molecule has 3 N–H and O–H groups in total. The van der Waals surface area contributed by atoms with E-state index in [0.29, 0.717) is 11.3 Å². The molecule has 1 atom stereocenters. The fraction of sp³-hybridized carbons (Fsp3) is 0.278. The second kappa shape index (κ2) is 6.93. The molecule has 1 amide bonds. The number of carbonyl (C=O) groups excluding carboxylic acids is 1. The van der Waals surface area contributed by atoms with Gasteiger partial charge in [0, 0.05) is 17.3 Å². The Balaban J connectivity index is 1.91. The van der Waals surface area contributed by atoms with Crippen molar-refractivity contribution >= 4 is 11.6 Å². The van der Waals surface area contributed by atoms with E-state index in [-0.39, 0.29) is 11.9 Å². The van der Waals surface area contributed by atoms with Gasteiger partial charge in [-0.1, -0.05) is 36.4 Å². The van der Waals surface area contributed by atoms with Crippen molar-refractivity contribution in [3.8, 4) is 0 Å². The molecule has 2 aromatic rings. The predicted molar refractivity (Wildman–Crippen MR) is 87.3 cm³/mol. The number of carbonyl (C=O) groups is 1. The van der Waals surface area contributed by atoms with Gasteiger partial charge in [-0.25, -0.2) is 0 Å². The Morgan fingerprint density at radius 2 is 1.90 bits per heavy atom. The summed E-state index contributed by atoms with van der Waals surface area (Å²) >= 11 is 0. The van der Waals surface area contributed by atoms with Gasteiger partial charge in [-0.3, -0.25) is 4.79 Å². The van der Waals surface area contributed by atoms with Crippen molar-refractivity contribution in [1.82, 2.24) is 5.32 Å². The van der Waals surface area contributed by atoms with Gasteiger partial charge >= 0.3 is 0 Å². The van der Waals surface area contributed by atoms with E-state index in [1.807, 2.05) is 44.2 Å². The highest BCUT2D eigenvalue weighted by atomic mass is 16.1. The van der Waals surface area contributed by atoms with Crippen LogP contribution in [0.1, 0.15) is 34.8 Å². The third kappa shape index (κ3) is 4.35. The third-order valence-electron chi connectivity index (χ3n) is 3.59. The summed E-state index contributed by atoms with van der Waals surface area (Å²) in [4.78, 5) is 12.3. The molecule has 3 nitrogen and oxygen atoms in total. The van der Waals surface area contributed by atoms with Crippen LogP contribution in [0, 0.1) is 6.92 Å². The van der Waals surface area contributed by atoms with Crippen LogP contribution in [0.5, 0.6) is 0 Å². The minimum atomic E-state index is -0.0552. The van der Waals surface area contributed by atoms with Crippen molar-refractivity contribution in [3.05, 3.63) is 65.2 Å². The molecular weight excluding hydrogens is 260 g/mol. The van der Waals surface area contributed by atoms with Crippen LogP contribution in [0.2, 0.25) is 0 Å². The Kier molecular flexibility index (Phi) is 4.99. The van der Waals surface area contributed by atoms with Crippen LogP contribution in [-0.2, 0) is 6.42 Å². The number of nitrogens with one attached hydrogen (secondary N) is 1. The molecule has 0 saturated heterocycles. The van der Waals surface area contributed by atoms with E-state index >= 15 is 0 Å². The number of nitrogen functional groups attached to an aromatic ring is 1. The van der Waals surface area contributed by atoms with Crippen LogP contribution in [0.25, 0.3) is 0 Å². The quantitative estimate of drug-likeness (QED) is 0.826. The molecular formula is C18H22N2O. The first-order valence-electron chi connectivity index (χ1n) is 7.27. The summed E-state index contributed by atoms with van der Waals surface area (Å²) in [6.45, 7) is 3.95. The highest BCUT2D eigenvalue weighted by molar-refractivity contribution is 5.96. The SMILES string of the molecule is Cc1ccc(N)cc1C(=O)NC(C)CCc1ccccc1. The minimum absolute atomic E-state index is 0.0552. The van der Waals surface area contributed by atoms with E-state index in [1.54, 1.807) is 6.07 Å². The van der Waals surface area contributed by atoms with Crippen molar-refractivity contribution in [2.75, 3.05) is 5.73 Å². The first-order valence-corrected chi connectivity index (χ1v) is 7.27. The largest absolute Gasteiger partial charge is 0.399 e. The third-order valence-corrected chi connectivity index (χ3v) is 3.59. The Bertz CT molecular complexity index is 608. The Labute approximate surface area is 126 Å². The van der Waals surface area contributed by atoms with E-state index in [4.69, 9.17) is 5.73 Å². The van der Waals surface area contributed by atoms with Gasteiger partial charge in [0.1, 0.15) is 0 Å². The molecule has 0 spiro atoms. The molecule has 21 heavy (non-hydrogen) atoms. The van der Waals surface area contributed by atoms with E-state index in [9.17, 15) is 4.79 Å². The van der Waals surface area contributed by atoms with Gasteiger partial charge < -0.3 is 11.1 Å². The van der Waals surface area contributed by atoms with Gasteiger partial charge in [0.2, 0.25) is 0 Å². The second-order valence-electron chi connectivity index (χ2n) is 5.47. The molecule has 110 valence electrons. The summed E-state index contributed by atoms with van der Waals surface area (Å²) in [5.74, 6) is -0.0552. The molecule has 0 fully saturated rings. The predicted octanol–water partition coefficient (Wildman–Crippen LogP) is 3.33. The van der Waals surface area contributed by atoms with Crippen molar-refractivity contribution < 1.29 is 4.79 Å². The summed E-state index contributed by atoms with van der Waals surface area (Å²) < 4.78 is 0. The molecule has 1 unspecified atom stereocenters. The average Bonchev–Trinajstić information content (AvgIpc) is 2.48. The van der Waals surface area contributed by atoms with Crippen molar-refractivity contribution in [1.29, 1.82) is 0 Å². The molecule has 0 heterocycles. The van der Waals surface area contributed by atoms with Crippen LogP contribution >= 0.6 is 0 Å². The zero-order chi connectivity index (χ0) is 15.2. The lowest BCUT2D eigenvalue weighted by atomic mass is 10.0. The number of hydrogen-bond acceptors (Lipinski definition) is 2. The van der Waals surface area contributed by atoms with Crippen molar-refractivity contribution in [3.63, 3.8) is 0 Å². The Morgan fingerprint density at radius 3 is 2.62 bits per heavy atom. The van der Waals surface area contributed by atoms with E-state index in [2.05, 4.69) is 17.4 Å². The number of rotatable bonds is 5. The topological polar surface area (TPSA) is 55.1 Å². The van der Waals surface area contributed by atoms with Gasteiger partial charge in [-0.15, -0.1) is 0 Å². The van der Waals surface area contributed by atoms with Gasteiger partial charge in [0.05, 0.1) is 0 Å². The second-order valence-corrected chi connectivity index (χ2v) is 5.47. The van der Waals surface area contributed by atoms with Crippen LogP contribution in [0.4, 0.5) is 5.69 Å². The Hall–Kier alpha value is -2.29. The van der Waals surface area contributed by atoms with Crippen LogP contribution < -0.4 is 11.1 Å². The standard InChI is InChI=1S/C18H22N2O/c1-13-8-11-16(19)12-17(13)18(21)20-14(2)9-10-15-6-4-3-5-7-15/h3-8,11-12,14H,9-10,19H2,1-2H3,(H,20,21). The molecule has 0 bridgehead atoms. The number of benzene rings is 2. The smallest absolute Gasteiger partial charge is 0.251 e. The van der Waals surface area contributed by atoms with Crippen LogP contribution in [0.3, 0.4) is 0 Å². The normalized spacial score (nSPS) is 11.9. The lowest BCUT2D eigenvalue weighted by molar-refractivity contribution is 0.0938. The number of amides is 1. The van der Waals surface area contributed by atoms with Crippen molar-refractivity contribution in [2.45, 2.75) is 32.7 Å². The molecule has 0 saturated carbocycles. The zero-order valence-electron chi connectivity index (χ0n) is 12.6. The summed E-state index contributed by atoms with van der Waals surface area (Å²) in [6, 6.07) is 15.8. The molecule has 0 radical (unpaired) electrons. The number of nitrogens with two attached hydrogens (primary N) is 1. The molecule has 3 heteroatoms. The molecule has 0 aliphatic rings. The maximum Gasteiger partial charge on any atom is 0.251 e. The van der Waals surface area contributed by atoms with Crippen LogP contribution in [0.15, 0.2) is 48.5 Å². The van der Waals surface area contributed by atoms with Gasteiger partial charge in [0.15, 0.2) is 0 Å². The van der Waals surface area contributed by atoms with Gasteiger partial charge in [0.25, 0.3) is 5.91 Å². The molecule has 0 aromatic heterocycles. The number of hydrogen-bond donors (Lipinski definition) is 2. The lowest BCUT2D eigenvalue weighted by Crippen LogP contribution is -2.33. The first-order chi connectivity index (χ1) is 10.1. The van der Waals surface area contributed by atoms with Gasteiger partial charge in [-0.05, 0) is 49.9 Å². The van der Waals surface area contributed by atoms with Gasteiger partial charge in [-0.2, -0.15) is 0 Å². The molecule has 0 aliphatic carbocycles. The highest BCUT2D eigenvalue weighted by Gasteiger charge is 2.12. The Morgan fingerprint density at radius 1 is 1.19 bits per heavy atom. The number of aryl methyl sites for hydroxylation is 2. The van der Waals surface area contributed by atoms with E-state index in [0.717, 1.165) is 18.4 Å². The maximum absolute atomic E-state index is 12.3. The fourth-order valence-corrected chi connectivity index (χ4v) is 2.29. The van der Waals surface area contributed by atoms with Crippen LogP contribution in [-0.4, -0.2) is 11.9 Å². The van der Waals surface area contributed by atoms with Crippen molar-refractivity contribution in [2.24, 2.45) is 0 Å². The summed E-state index contributed by atoms with van der Waals surface area (Å²) in [7, 11) is 0. The summed E-state index contributed by atoms with van der Waals surface area (Å²) in [5, 5.41) is 3.04. The monoisotopic (exact) mass is 282 g/mol. The highest BCUT2D eigenvalue weighted by Crippen LogP contribution is 2.13. The molecule has 2 rings (SSSR count). The molecule has 2 aromatic carbocycles. The maximum atomic E-state index is 12.3. The average molecular weight is 282 g/mol. The van der Waals surface area contributed by atoms with E-state index < -0.39 is 0 Å². The summed E-state index contributed by atoms with van der Waals surface area (Å²) in [5.41, 5.74) is 9.25. The number of anilines is 1. The summed E-state index contributed by atoms with van der Waals surface area (Å²) in [6.07, 6.45) is 1.87. The fourth-order valence-electron chi connectivity index (χ4n) is 2.29. The lowest BCUT2D eigenvalue weighted by Gasteiger charge is -2.15. The molecule has 0 aliphatic heterocycles. The first kappa shape index (κ1) is 15.1. The van der Waals surface area contributed by atoms with E-state index in [1.165, 1.54) is 5.56 Å².